The lowest BCUT2D eigenvalue weighted by atomic mass is 10.1. The van der Waals surface area contributed by atoms with Crippen LogP contribution in [0, 0.1) is 6.92 Å². The SMILES string of the molecule is [CH2]Cc1cccc(C(F)(F)F)c1O. The first-order valence-corrected chi connectivity index (χ1v) is 3.64. The van der Waals surface area contributed by atoms with Crippen LogP contribution in [0.4, 0.5) is 13.2 Å². The van der Waals surface area contributed by atoms with Crippen LogP contribution in [0.25, 0.3) is 0 Å². The second-order valence-corrected chi connectivity index (χ2v) is 2.56. The third-order valence-electron chi connectivity index (χ3n) is 1.69. The quantitative estimate of drug-likeness (QED) is 0.720. The van der Waals surface area contributed by atoms with Crippen molar-refractivity contribution in [3.8, 4) is 5.75 Å². The Hall–Kier alpha value is -1.19. The molecule has 0 heterocycles. The van der Waals surface area contributed by atoms with Gasteiger partial charge in [-0.25, -0.2) is 0 Å². The molecule has 0 aliphatic rings. The summed E-state index contributed by atoms with van der Waals surface area (Å²) in [6.45, 7) is 3.41. The van der Waals surface area contributed by atoms with Crippen LogP contribution >= 0.6 is 0 Å². The molecule has 0 fully saturated rings. The summed E-state index contributed by atoms with van der Waals surface area (Å²) in [6.07, 6.45) is -4.37. The molecule has 71 valence electrons. The zero-order valence-electron chi connectivity index (χ0n) is 6.73. The van der Waals surface area contributed by atoms with E-state index in [9.17, 15) is 13.2 Å². The second-order valence-electron chi connectivity index (χ2n) is 2.56. The normalized spacial score (nSPS) is 11.7. The lowest BCUT2D eigenvalue weighted by Crippen LogP contribution is -2.06. The summed E-state index contributed by atoms with van der Waals surface area (Å²) < 4.78 is 36.6. The van der Waals surface area contributed by atoms with Crippen LogP contribution in [0.3, 0.4) is 0 Å². The Morgan fingerprint density at radius 2 is 1.92 bits per heavy atom. The summed E-state index contributed by atoms with van der Waals surface area (Å²) in [4.78, 5) is 0. The lowest BCUT2D eigenvalue weighted by molar-refractivity contribution is -0.138. The van der Waals surface area contributed by atoms with Crippen LogP contribution in [0.1, 0.15) is 11.1 Å². The average Bonchev–Trinajstić information content (AvgIpc) is 2.02. The van der Waals surface area contributed by atoms with Crippen molar-refractivity contribution in [3.05, 3.63) is 36.2 Å². The van der Waals surface area contributed by atoms with E-state index in [1.807, 2.05) is 0 Å². The summed E-state index contributed by atoms with van der Waals surface area (Å²) in [7, 11) is 0. The Kier molecular flexibility index (Phi) is 2.50. The summed E-state index contributed by atoms with van der Waals surface area (Å²) in [5, 5.41) is 9.16. The smallest absolute Gasteiger partial charge is 0.419 e. The highest BCUT2D eigenvalue weighted by atomic mass is 19.4. The number of hydrogen-bond acceptors (Lipinski definition) is 1. The Bertz CT molecular complexity index is 304. The zero-order valence-corrected chi connectivity index (χ0v) is 6.73. The molecule has 1 N–H and O–H groups in total. The number of hydrogen-bond donors (Lipinski definition) is 1. The minimum Gasteiger partial charge on any atom is -0.507 e. The van der Waals surface area contributed by atoms with Gasteiger partial charge in [-0.2, -0.15) is 13.2 Å². The molecule has 0 aliphatic heterocycles. The fraction of sp³-hybridized carbons (Fsp3) is 0.222. The van der Waals surface area contributed by atoms with E-state index in [4.69, 9.17) is 5.11 Å². The maximum atomic E-state index is 12.2. The zero-order chi connectivity index (χ0) is 10.1. The van der Waals surface area contributed by atoms with E-state index in [2.05, 4.69) is 6.92 Å². The molecule has 0 saturated heterocycles. The molecule has 0 saturated carbocycles. The van der Waals surface area contributed by atoms with E-state index in [1.165, 1.54) is 12.1 Å². The summed E-state index contributed by atoms with van der Waals surface area (Å²) >= 11 is 0. The number of phenolic OH excluding ortho intramolecular Hbond substituents is 1. The van der Waals surface area contributed by atoms with E-state index in [-0.39, 0.29) is 12.0 Å². The highest BCUT2D eigenvalue weighted by Crippen LogP contribution is 2.37. The predicted molar refractivity (Wildman–Crippen MR) is 42.2 cm³/mol. The largest absolute Gasteiger partial charge is 0.507 e. The molecule has 13 heavy (non-hydrogen) atoms. The number of rotatable bonds is 1. The maximum absolute atomic E-state index is 12.2. The van der Waals surface area contributed by atoms with Crippen molar-refractivity contribution in [2.24, 2.45) is 0 Å². The molecule has 0 unspecified atom stereocenters. The summed E-state index contributed by atoms with van der Waals surface area (Å²) in [6, 6.07) is 3.51. The third kappa shape index (κ3) is 1.94. The number of halogens is 3. The van der Waals surface area contributed by atoms with Crippen LogP contribution in [0.15, 0.2) is 18.2 Å². The topological polar surface area (TPSA) is 20.2 Å². The van der Waals surface area contributed by atoms with E-state index in [0.29, 0.717) is 0 Å². The van der Waals surface area contributed by atoms with Crippen molar-refractivity contribution >= 4 is 0 Å². The predicted octanol–water partition coefficient (Wildman–Crippen LogP) is 2.79. The molecule has 0 spiro atoms. The standard InChI is InChI=1S/C9H8F3O/c1-2-6-4-3-5-7(8(6)13)9(10,11)12/h3-5,13H,1-2H2. The van der Waals surface area contributed by atoms with Gasteiger partial charge in [-0.1, -0.05) is 12.1 Å². The Labute approximate surface area is 73.8 Å². The minimum atomic E-state index is -4.50. The van der Waals surface area contributed by atoms with Gasteiger partial charge < -0.3 is 5.11 Å². The molecule has 4 heteroatoms. The first-order chi connectivity index (χ1) is 5.96. The molecule has 0 bridgehead atoms. The van der Waals surface area contributed by atoms with Gasteiger partial charge in [0.05, 0.1) is 5.56 Å². The second kappa shape index (κ2) is 3.28. The van der Waals surface area contributed by atoms with Crippen molar-refractivity contribution < 1.29 is 18.3 Å². The Balaban J connectivity index is 3.24. The summed E-state index contributed by atoms with van der Waals surface area (Å²) in [5.74, 6) is -0.718. The molecular formula is C9H8F3O. The van der Waals surface area contributed by atoms with Gasteiger partial charge in [0.1, 0.15) is 5.75 Å². The molecule has 1 rings (SSSR count). The van der Waals surface area contributed by atoms with Gasteiger partial charge in [0.25, 0.3) is 0 Å². The van der Waals surface area contributed by atoms with E-state index >= 15 is 0 Å². The van der Waals surface area contributed by atoms with E-state index < -0.39 is 17.5 Å². The number of para-hydroxylation sites is 1. The first-order valence-electron chi connectivity index (χ1n) is 3.64. The number of alkyl halides is 3. The maximum Gasteiger partial charge on any atom is 0.419 e. The molecule has 0 atom stereocenters. The van der Waals surface area contributed by atoms with Crippen molar-refractivity contribution in [2.75, 3.05) is 0 Å². The Morgan fingerprint density at radius 1 is 1.31 bits per heavy atom. The number of aromatic hydroxyl groups is 1. The van der Waals surface area contributed by atoms with E-state index in [0.717, 1.165) is 6.07 Å². The highest BCUT2D eigenvalue weighted by Gasteiger charge is 2.34. The number of benzene rings is 1. The van der Waals surface area contributed by atoms with Crippen LogP contribution in [-0.2, 0) is 12.6 Å². The van der Waals surface area contributed by atoms with Crippen LogP contribution in [0.5, 0.6) is 5.75 Å². The van der Waals surface area contributed by atoms with Crippen LogP contribution in [-0.4, -0.2) is 5.11 Å². The van der Waals surface area contributed by atoms with Gasteiger partial charge in [-0.15, -0.1) is 0 Å². The molecule has 0 aromatic heterocycles. The molecule has 1 aromatic rings. The fourth-order valence-corrected chi connectivity index (χ4v) is 1.02. The van der Waals surface area contributed by atoms with Crippen molar-refractivity contribution in [1.82, 2.24) is 0 Å². The molecule has 1 aromatic carbocycles. The van der Waals surface area contributed by atoms with Crippen molar-refractivity contribution in [1.29, 1.82) is 0 Å². The van der Waals surface area contributed by atoms with Gasteiger partial charge in [0.2, 0.25) is 0 Å². The van der Waals surface area contributed by atoms with Gasteiger partial charge >= 0.3 is 6.18 Å². The van der Waals surface area contributed by atoms with Gasteiger partial charge in [-0.3, -0.25) is 0 Å². The van der Waals surface area contributed by atoms with Crippen LogP contribution in [0.2, 0.25) is 0 Å². The monoisotopic (exact) mass is 189 g/mol. The molecule has 1 radical (unpaired) electrons. The number of phenols is 1. The fourth-order valence-electron chi connectivity index (χ4n) is 1.02. The molecule has 0 amide bonds. The lowest BCUT2D eigenvalue weighted by Gasteiger charge is -2.10. The molecule has 1 nitrogen and oxygen atoms in total. The first kappa shape index (κ1) is 9.89. The van der Waals surface area contributed by atoms with Crippen molar-refractivity contribution in [2.45, 2.75) is 12.6 Å². The van der Waals surface area contributed by atoms with Gasteiger partial charge in [0, 0.05) is 0 Å². The molecular weight excluding hydrogens is 181 g/mol. The van der Waals surface area contributed by atoms with Gasteiger partial charge in [-0.05, 0) is 25.0 Å². The minimum absolute atomic E-state index is 0.135. The summed E-state index contributed by atoms with van der Waals surface area (Å²) in [5.41, 5.74) is -0.802. The third-order valence-corrected chi connectivity index (χ3v) is 1.69. The van der Waals surface area contributed by atoms with Crippen LogP contribution < -0.4 is 0 Å². The Morgan fingerprint density at radius 3 is 2.38 bits per heavy atom. The van der Waals surface area contributed by atoms with Crippen molar-refractivity contribution in [3.63, 3.8) is 0 Å². The van der Waals surface area contributed by atoms with Gasteiger partial charge in [0.15, 0.2) is 0 Å². The highest BCUT2D eigenvalue weighted by molar-refractivity contribution is 5.42. The average molecular weight is 189 g/mol. The molecule has 0 aliphatic carbocycles. The van der Waals surface area contributed by atoms with E-state index in [1.54, 1.807) is 0 Å².